The van der Waals surface area contributed by atoms with E-state index in [1.165, 1.54) is 6.07 Å². The van der Waals surface area contributed by atoms with Crippen LogP contribution in [0.25, 0.3) is 11.0 Å². The zero-order valence-corrected chi connectivity index (χ0v) is 10.1. The Balaban J connectivity index is 2.17. The van der Waals surface area contributed by atoms with Gasteiger partial charge in [0.25, 0.3) is 0 Å². The summed E-state index contributed by atoms with van der Waals surface area (Å²) in [4.78, 5) is 7.30. The minimum Gasteiger partial charge on any atom is -0.341 e. The molecule has 1 saturated carbocycles. The molecule has 1 aromatic heterocycles. The summed E-state index contributed by atoms with van der Waals surface area (Å²) in [7, 11) is 0. The molecule has 1 aliphatic carbocycles. The van der Waals surface area contributed by atoms with E-state index < -0.39 is 11.6 Å². The summed E-state index contributed by atoms with van der Waals surface area (Å²) >= 11 is 0. The second-order valence-corrected chi connectivity index (χ2v) is 5.29. The Hall–Kier alpha value is -1.49. The molecule has 2 unspecified atom stereocenters. The standard InChI is InChI=1S/C13H15F2N3/c1-13(4-2-3-10(13)16)12-17-9-6-7(14)5-8(15)11(9)18-12/h5-6,10H,2-4,16H2,1H3,(H,17,18). The number of aromatic nitrogens is 2. The molecule has 3 N–H and O–H groups in total. The summed E-state index contributed by atoms with van der Waals surface area (Å²) in [5.41, 5.74) is 6.41. The number of rotatable bonds is 1. The van der Waals surface area contributed by atoms with E-state index in [1.807, 2.05) is 6.92 Å². The maximum Gasteiger partial charge on any atom is 0.153 e. The Morgan fingerprint density at radius 2 is 2.22 bits per heavy atom. The lowest BCUT2D eigenvalue weighted by Gasteiger charge is -2.26. The highest BCUT2D eigenvalue weighted by Gasteiger charge is 2.40. The number of H-pyrrole nitrogens is 1. The summed E-state index contributed by atoms with van der Waals surface area (Å²) in [6.45, 7) is 2.02. The summed E-state index contributed by atoms with van der Waals surface area (Å²) < 4.78 is 26.8. The monoisotopic (exact) mass is 251 g/mol. The van der Waals surface area contributed by atoms with Crippen LogP contribution in [-0.2, 0) is 5.41 Å². The second kappa shape index (κ2) is 3.75. The molecule has 1 heterocycles. The highest BCUT2D eigenvalue weighted by molar-refractivity contribution is 5.76. The number of imidazole rings is 1. The summed E-state index contributed by atoms with van der Waals surface area (Å²) in [5.74, 6) is -0.578. The Morgan fingerprint density at radius 3 is 2.89 bits per heavy atom. The number of aromatic amines is 1. The molecule has 2 atom stereocenters. The summed E-state index contributed by atoms with van der Waals surface area (Å²) in [6, 6.07) is 2.12. The number of hydrogen-bond acceptors (Lipinski definition) is 2. The number of hydrogen-bond donors (Lipinski definition) is 2. The van der Waals surface area contributed by atoms with Gasteiger partial charge in [0.05, 0.1) is 5.52 Å². The molecule has 0 bridgehead atoms. The van der Waals surface area contributed by atoms with E-state index in [0.717, 1.165) is 25.3 Å². The molecule has 0 aliphatic heterocycles. The fraction of sp³-hybridized carbons (Fsp3) is 0.462. The number of halogens is 2. The molecule has 0 saturated heterocycles. The number of benzene rings is 1. The van der Waals surface area contributed by atoms with Crippen LogP contribution >= 0.6 is 0 Å². The third kappa shape index (κ3) is 1.54. The molecule has 3 nitrogen and oxygen atoms in total. The lowest BCUT2D eigenvalue weighted by Crippen LogP contribution is -2.39. The smallest absolute Gasteiger partial charge is 0.153 e. The van der Waals surface area contributed by atoms with Gasteiger partial charge in [-0.05, 0) is 18.9 Å². The largest absolute Gasteiger partial charge is 0.341 e. The van der Waals surface area contributed by atoms with E-state index in [0.29, 0.717) is 11.3 Å². The van der Waals surface area contributed by atoms with Crippen molar-refractivity contribution in [3.8, 4) is 0 Å². The SMILES string of the molecule is CC1(c2nc3c(F)cc(F)cc3[nH]2)CCCC1N. The van der Waals surface area contributed by atoms with Crippen LogP contribution in [0.3, 0.4) is 0 Å². The number of nitrogens with zero attached hydrogens (tertiary/aromatic N) is 1. The molecule has 0 spiro atoms. The lowest BCUT2D eigenvalue weighted by molar-refractivity contribution is 0.408. The van der Waals surface area contributed by atoms with Crippen molar-refractivity contribution in [2.75, 3.05) is 0 Å². The van der Waals surface area contributed by atoms with Gasteiger partial charge in [0.2, 0.25) is 0 Å². The van der Waals surface area contributed by atoms with Gasteiger partial charge in [-0.2, -0.15) is 0 Å². The molecule has 18 heavy (non-hydrogen) atoms. The third-order valence-corrected chi connectivity index (χ3v) is 4.08. The fourth-order valence-electron chi connectivity index (χ4n) is 2.80. The van der Waals surface area contributed by atoms with Crippen molar-refractivity contribution in [3.63, 3.8) is 0 Å². The Labute approximate surface area is 103 Å². The summed E-state index contributed by atoms with van der Waals surface area (Å²) in [6.07, 6.45) is 2.88. The highest BCUT2D eigenvalue weighted by atomic mass is 19.1. The Kier molecular flexibility index (Phi) is 2.41. The van der Waals surface area contributed by atoms with Crippen LogP contribution in [0.15, 0.2) is 12.1 Å². The maximum atomic E-state index is 13.6. The first kappa shape index (κ1) is 11.6. The van der Waals surface area contributed by atoms with Crippen LogP contribution in [0.5, 0.6) is 0 Å². The van der Waals surface area contributed by atoms with Gasteiger partial charge >= 0.3 is 0 Å². The van der Waals surface area contributed by atoms with Crippen molar-refractivity contribution in [1.82, 2.24) is 9.97 Å². The Bertz CT molecular complexity index is 608. The van der Waals surface area contributed by atoms with Crippen molar-refractivity contribution >= 4 is 11.0 Å². The minimum atomic E-state index is -0.636. The first-order valence-electron chi connectivity index (χ1n) is 6.11. The molecule has 2 aromatic rings. The van der Waals surface area contributed by atoms with Crippen molar-refractivity contribution in [1.29, 1.82) is 0 Å². The number of fused-ring (bicyclic) bond motifs is 1. The van der Waals surface area contributed by atoms with Crippen LogP contribution in [-0.4, -0.2) is 16.0 Å². The average molecular weight is 251 g/mol. The molecule has 0 amide bonds. The quantitative estimate of drug-likeness (QED) is 0.818. The van der Waals surface area contributed by atoms with Crippen molar-refractivity contribution < 1.29 is 8.78 Å². The molecule has 5 heteroatoms. The van der Waals surface area contributed by atoms with E-state index in [4.69, 9.17) is 5.73 Å². The zero-order chi connectivity index (χ0) is 12.9. The zero-order valence-electron chi connectivity index (χ0n) is 10.1. The number of nitrogens with two attached hydrogens (primary N) is 1. The summed E-state index contributed by atoms with van der Waals surface area (Å²) in [5, 5.41) is 0. The van der Waals surface area contributed by atoms with Gasteiger partial charge in [0.15, 0.2) is 5.82 Å². The highest BCUT2D eigenvalue weighted by Crippen LogP contribution is 2.39. The fourth-order valence-corrected chi connectivity index (χ4v) is 2.80. The van der Waals surface area contributed by atoms with Crippen LogP contribution in [0.2, 0.25) is 0 Å². The van der Waals surface area contributed by atoms with Crippen LogP contribution in [0, 0.1) is 11.6 Å². The molecule has 1 aliphatic rings. The van der Waals surface area contributed by atoms with E-state index in [-0.39, 0.29) is 17.0 Å². The first-order valence-corrected chi connectivity index (χ1v) is 6.11. The normalized spacial score (nSPS) is 28.1. The second-order valence-electron chi connectivity index (χ2n) is 5.29. The predicted molar refractivity (Wildman–Crippen MR) is 65.2 cm³/mol. The molecule has 0 radical (unpaired) electrons. The lowest BCUT2D eigenvalue weighted by atomic mass is 9.84. The maximum absolute atomic E-state index is 13.6. The molecule has 1 fully saturated rings. The van der Waals surface area contributed by atoms with Gasteiger partial charge in [-0.1, -0.05) is 13.3 Å². The van der Waals surface area contributed by atoms with Crippen molar-refractivity contribution in [2.45, 2.75) is 37.6 Å². The first-order chi connectivity index (χ1) is 8.50. The van der Waals surface area contributed by atoms with Gasteiger partial charge in [-0.3, -0.25) is 0 Å². The van der Waals surface area contributed by atoms with E-state index in [9.17, 15) is 8.78 Å². The molecule has 96 valence electrons. The van der Waals surface area contributed by atoms with E-state index in [2.05, 4.69) is 9.97 Å². The van der Waals surface area contributed by atoms with Crippen LogP contribution in [0.4, 0.5) is 8.78 Å². The minimum absolute atomic E-state index is 0.00553. The van der Waals surface area contributed by atoms with Crippen molar-refractivity contribution in [3.05, 3.63) is 29.6 Å². The van der Waals surface area contributed by atoms with Gasteiger partial charge in [-0.25, -0.2) is 13.8 Å². The van der Waals surface area contributed by atoms with E-state index in [1.54, 1.807) is 0 Å². The van der Waals surface area contributed by atoms with Gasteiger partial charge in [0.1, 0.15) is 17.2 Å². The van der Waals surface area contributed by atoms with Gasteiger partial charge < -0.3 is 10.7 Å². The van der Waals surface area contributed by atoms with Gasteiger partial charge in [-0.15, -0.1) is 0 Å². The predicted octanol–water partition coefficient (Wildman–Crippen LogP) is 2.61. The van der Waals surface area contributed by atoms with Gasteiger partial charge in [0, 0.05) is 17.5 Å². The third-order valence-electron chi connectivity index (χ3n) is 4.08. The van der Waals surface area contributed by atoms with Crippen LogP contribution in [0.1, 0.15) is 32.0 Å². The topological polar surface area (TPSA) is 54.7 Å². The van der Waals surface area contributed by atoms with E-state index >= 15 is 0 Å². The molecule has 1 aromatic carbocycles. The average Bonchev–Trinajstić information content (AvgIpc) is 2.85. The molecule has 3 rings (SSSR count). The Morgan fingerprint density at radius 1 is 1.44 bits per heavy atom. The molecular weight excluding hydrogens is 236 g/mol. The number of nitrogens with one attached hydrogen (secondary N) is 1. The molecular formula is C13H15F2N3. The van der Waals surface area contributed by atoms with Crippen molar-refractivity contribution in [2.24, 2.45) is 5.73 Å². The van der Waals surface area contributed by atoms with Crippen LogP contribution < -0.4 is 5.73 Å².